The molecule has 1 atom stereocenters. The van der Waals surface area contributed by atoms with Crippen molar-refractivity contribution in [3.05, 3.63) is 35.9 Å². The van der Waals surface area contributed by atoms with Crippen molar-refractivity contribution in [2.45, 2.75) is 19.3 Å². The number of amides is 1. The van der Waals surface area contributed by atoms with E-state index in [4.69, 9.17) is 0 Å². The predicted molar refractivity (Wildman–Crippen MR) is 75.3 cm³/mol. The van der Waals surface area contributed by atoms with E-state index in [1.807, 2.05) is 37.3 Å². The van der Waals surface area contributed by atoms with Gasteiger partial charge in [0.2, 0.25) is 15.9 Å². The van der Waals surface area contributed by atoms with Gasteiger partial charge in [0.15, 0.2) is 0 Å². The predicted octanol–water partition coefficient (Wildman–Crippen LogP) is 0.846. The largest absolute Gasteiger partial charge is 0.354 e. The van der Waals surface area contributed by atoms with Crippen molar-refractivity contribution in [3.63, 3.8) is 0 Å². The lowest BCUT2D eigenvalue weighted by atomic mass is 9.96. The van der Waals surface area contributed by atoms with Gasteiger partial charge >= 0.3 is 0 Å². The number of benzene rings is 1. The van der Waals surface area contributed by atoms with E-state index in [9.17, 15) is 13.2 Å². The Morgan fingerprint density at radius 2 is 1.84 bits per heavy atom. The van der Waals surface area contributed by atoms with Crippen molar-refractivity contribution in [2.75, 3.05) is 19.3 Å². The smallest absolute Gasteiger partial charge is 0.227 e. The summed E-state index contributed by atoms with van der Waals surface area (Å²) in [6.45, 7) is 2.44. The van der Waals surface area contributed by atoms with Crippen molar-refractivity contribution >= 4 is 15.9 Å². The molecule has 106 valence electrons. The summed E-state index contributed by atoms with van der Waals surface area (Å²) in [5, 5.41) is 2.74. The van der Waals surface area contributed by atoms with Crippen LogP contribution in [0.5, 0.6) is 0 Å². The first kappa shape index (κ1) is 15.7. The van der Waals surface area contributed by atoms with Crippen LogP contribution in [0.25, 0.3) is 0 Å². The highest BCUT2D eigenvalue weighted by Gasteiger charge is 2.17. The highest BCUT2D eigenvalue weighted by molar-refractivity contribution is 7.88. The molecule has 2 N–H and O–H groups in total. The summed E-state index contributed by atoms with van der Waals surface area (Å²) in [5.74, 6) is -0.275. The second kappa shape index (κ2) is 7.25. The summed E-state index contributed by atoms with van der Waals surface area (Å²) in [6.07, 6.45) is 1.79. The average molecular weight is 284 g/mol. The number of rotatable bonds is 7. The number of nitrogens with one attached hydrogen (secondary N) is 2. The molecule has 0 aliphatic heterocycles. The van der Waals surface area contributed by atoms with Crippen LogP contribution in [0.1, 0.15) is 24.8 Å². The molecule has 1 rings (SSSR count). The Morgan fingerprint density at radius 3 is 2.37 bits per heavy atom. The second-order valence-electron chi connectivity index (χ2n) is 4.33. The zero-order valence-corrected chi connectivity index (χ0v) is 12.0. The molecule has 0 aliphatic rings. The van der Waals surface area contributed by atoms with Crippen LogP contribution >= 0.6 is 0 Å². The van der Waals surface area contributed by atoms with Crippen LogP contribution in [-0.4, -0.2) is 33.7 Å². The minimum Gasteiger partial charge on any atom is -0.354 e. The maximum absolute atomic E-state index is 12.0. The van der Waals surface area contributed by atoms with E-state index in [2.05, 4.69) is 10.0 Å². The van der Waals surface area contributed by atoms with E-state index in [1.165, 1.54) is 0 Å². The molecule has 1 unspecified atom stereocenters. The summed E-state index contributed by atoms with van der Waals surface area (Å²) < 4.78 is 24.1. The molecule has 1 aromatic rings. The van der Waals surface area contributed by atoms with Crippen LogP contribution < -0.4 is 10.0 Å². The normalized spacial score (nSPS) is 12.9. The van der Waals surface area contributed by atoms with Crippen molar-refractivity contribution in [1.29, 1.82) is 0 Å². The molecule has 5 nitrogen and oxygen atoms in total. The summed E-state index contributed by atoms with van der Waals surface area (Å²) >= 11 is 0. The number of carbonyl (C=O) groups excluding carboxylic acids is 1. The lowest BCUT2D eigenvalue weighted by Gasteiger charge is -2.15. The van der Waals surface area contributed by atoms with Gasteiger partial charge in [-0.05, 0) is 12.0 Å². The Morgan fingerprint density at radius 1 is 1.21 bits per heavy atom. The fourth-order valence-corrected chi connectivity index (χ4v) is 2.28. The van der Waals surface area contributed by atoms with Gasteiger partial charge in [-0.2, -0.15) is 0 Å². The van der Waals surface area contributed by atoms with Crippen LogP contribution in [0, 0.1) is 0 Å². The van der Waals surface area contributed by atoms with Crippen molar-refractivity contribution in [1.82, 2.24) is 10.0 Å². The van der Waals surface area contributed by atoms with Gasteiger partial charge in [-0.25, -0.2) is 13.1 Å². The van der Waals surface area contributed by atoms with Crippen LogP contribution in [0.3, 0.4) is 0 Å². The standard InChI is InChI=1S/C13H20N2O3S/c1-3-12(11-7-5-4-6-8-11)13(16)14-9-10-15-19(2,17)18/h4-8,12,15H,3,9-10H2,1-2H3,(H,14,16). The number of carbonyl (C=O) groups is 1. The Labute approximate surface area is 114 Å². The lowest BCUT2D eigenvalue weighted by molar-refractivity contribution is -0.122. The fraction of sp³-hybridized carbons (Fsp3) is 0.462. The molecule has 0 saturated carbocycles. The molecule has 0 bridgehead atoms. The van der Waals surface area contributed by atoms with Crippen molar-refractivity contribution in [2.24, 2.45) is 0 Å². The lowest BCUT2D eigenvalue weighted by Crippen LogP contribution is -2.36. The topological polar surface area (TPSA) is 75.3 Å². The quantitative estimate of drug-likeness (QED) is 0.729. The third kappa shape index (κ3) is 5.85. The Bertz CT molecular complexity index is 500. The SMILES string of the molecule is CCC(C(=O)NCCNS(C)(=O)=O)c1ccccc1. The first-order chi connectivity index (χ1) is 8.94. The van der Waals surface area contributed by atoms with Crippen LogP contribution in [-0.2, 0) is 14.8 Å². The van der Waals surface area contributed by atoms with Gasteiger partial charge in [-0.15, -0.1) is 0 Å². The molecule has 0 heterocycles. The minimum absolute atomic E-state index is 0.0796. The Kier molecular flexibility index (Phi) is 5.98. The third-order valence-electron chi connectivity index (χ3n) is 2.72. The van der Waals surface area contributed by atoms with Crippen LogP contribution in [0.2, 0.25) is 0 Å². The second-order valence-corrected chi connectivity index (χ2v) is 6.16. The van der Waals surface area contributed by atoms with Crippen molar-refractivity contribution < 1.29 is 13.2 Å². The molecule has 19 heavy (non-hydrogen) atoms. The molecule has 0 aliphatic carbocycles. The summed E-state index contributed by atoms with van der Waals surface area (Å²) in [5.41, 5.74) is 0.971. The van der Waals surface area contributed by atoms with E-state index in [-0.39, 0.29) is 24.9 Å². The maximum Gasteiger partial charge on any atom is 0.227 e. The van der Waals surface area contributed by atoms with Gasteiger partial charge in [0, 0.05) is 13.1 Å². The zero-order chi connectivity index (χ0) is 14.3. The maximum atomic E-state index is 12.0. The fourth-order valence-electron chi connectivity index (χ4n) is 1.80. The summed E-state index contributed by atoms with van der Waals surface area (Å²) in [6, 6.07) is 9.54. The highest BCUT2D eigenvalue weighted by atomic mass is 32.2. The number of hydrogen-bond donors (Lipinski definition) is 2. The third-order valence-corrected chi connectivity index (χ3v) is 3.44. The molecule has 0 fully saturated rings. The van der Waals surface area contributed by atoms with Gasteiger partial charge in [-0.1, -0.05) is 37.3 Å². The summed E-state index contributed by atoms with van der Waals surface area (Å²) in [7, 11) is -3.20. The Balaban J connectivity index is 2.47. The van der Waals surface area contributed by atoms with Crippen LogP contribution in [0.15, 0.2) is 30.3 Å². The molecule has 0 saturated heterocycles. The van der Waals surface area contributed by atoms with E-state index >= 15 is 0 Å². The van der Waals surface area contributed by atoms with E-state index in [0.29, 0.717) is 6.42 Å². The first-order valence-corrected chi connectivity index (χ1v) is 8.10. The van der Waals surface area contributed by atoms with Crippen molar-refractivity contribution in [3.8, 4) is 0 Å². The molecular weight excluding hydrogens is 264 g/mol. The van der Waals surface area contributed by atoms with Gasteiger partial charge in [0.1, 0.15) is 0 Å². The van der Waals surface area contributed by atoms with E-state index in [1.54, 1.807) is 0 Å². The monoisotopic (exact) mass is 284 g/mol. The van der Waals surface area contributed by atoms with E-state index < -0.39 is 10.0 Å². The van der Waals surface area contributed by atoms with Gasteiger partial charge in [0.25, 0.3) is 0 Å². The minimum atomic E-state index is -3.20. The number of hydrogen-bond acceptors (Lipinski definition) is 3. The highest BCUT2D eigenvalue weighted by Crippen LogP contribution is 2.18. The Hall–Kier alpha value is -1.40. The van der Waals surface area contributed by atoms with Crippen LogP contribution in [0.4, 0.5) is 0 Å². The van der Waals surface area contributed by atoms with Gasteiger partial charge in [-0.3, -0.25) is 4.79 Å². The average Bonchev–Trinajstić information content (AvgIpc) is 2.36. The first-order valence-electron chi connectivity index (χ1n) is 6.21. The summed E-state index contributed by atoms with van der Waals surface area (Å²) in [4.78, 5) is 12.0. The molecule has 0 radical (unpaired) electrons. The zero-order valence-electron chi connectivity index (χ0n) is 11.2. The molecule has 6 heteroatoms. The molecular formula is C13H20N2O3S. The number of sulfonamides is 1. The molecule has 1 amide bonds. The van der Waals surface area contributed by atoms with Gasteiger partial charge in [0.05, 0.1) is 12.2 Å². The molecule has 1 aromatic carbocycles. The molecule has 0 spiro atoms. The van der Waals surface area contributed by atoms with E-state index in [0.717, 1.165) is 11.8 Å². The molecule has 0 aromatic heterocycles. The van der Waals surface area contributed by atoms with Gasteiger partial charge < -0.3 is 5.32 Å².